The summed E-state index contributed by atoms with van der Waals surface area (Å²) in [5.41, 5.74) is 1.03. The zero-order valence-electron chi connectivity index (χ0n) is 15.7. The molecule has 0 saturated carbocycles. The fourth-order valence-corrected chi connectivity index (χ4v) is 2.56. The number of nitrogens with one attached hydrogen (secondary N) is 2. The predicted octanol–water partition coefficient (Wildman–Crippen LogP) is 3.94. The Bertz CT molecular complexity index is 642. The van der Waals surface area contributed by atoms with Crippen LogP contribution in [0.1, 0.15) is 44.1 Å². The van der Waals surface area contributed by atoms with Crippen LogP contribution in [0.2, 0.25) is 0 Å². The number of rotatable bonds is 9. The van der Waals surface area contributed by atoms with E-state index in [1.165, 1.54) is 0 Å². The van der Waals surface area contributed by atoms with Crippen LogP contribution >= 0.6 is 24.0 Å². The Kier molecular flexibility index (Phi) is 10.8. The summed E-state index contributed by atoms with van der Waals surface area (Å²) in [4.78, 5) is 4.20. The van der Waals surface area contributed by atoms with Crippen LogP contribution in [0.5, 0.6) is 5.75 Å². The molecule has 0 unspecified atom stereocenters. The van der Waals surface area contributed by atoms with E-state index >= 15 is 0 Å². The van der Waals surface area contributed by atoms with Crippen molar-refractivity contribution in [3.05, 3.63) is 47.9 Å². The van der Waals surface area contributed by atoms with Crippen LogP contribution in [0.25, 0.3) is 0 Å². The average Bonchev–Trinajstić information content (AvgIpc) is 3.12. The normalized spacial score (nSPS) is 11.2. The molecule has 1 aromatic carbocycles. The highest BCUT2D eigenvalue weighted by Gasteiger charge is 2.13. The lowest BCUT2D eigenvalue weighted by Crippen LogP contribution is -2.38. The van der Waals surface area contributed by atoms with Crippen molar-refractivity contribution in [2.75, 3.05) is 20.2 Å². The molecule has 0 radical (unpaired) electrons. The topological polar surface area (TPSA) is 71.7 Å². The Morgan fingerprint density at radius 3 is 2.58 bits per heavy atom. The van der Waals surface area contributed by atoms with Gasteiger partial charge in [0.1, 0.15) is 12.4 Å². The van der Waals surface area contributed by atoms with Crippen LogP contribution in [0.3, 0.4) is 0 Å². The molecule has 0 amide bonds. The molecule has 0 spiro atoms. The van der Waals surface area contributed by atoms with Crippen molar-refractivity contribution in [3.8, 4) is 5.75 Å². The first kappa shape index (κ1) is 22.3. The number of nitrogens with zero attached hydrogens (tertiary/aromatic N) is 2. The first-order valence-electron chi connectivity index (χ1n) is 8.84. The Morgan fingerprint density at radius 2 is 1.92 bits per heavy atom. The third kappa shape index (κ3) is 7.23. The van der Waals surface area contributed by atoms with Crippen molar-refractivity contribution in [1.29, 1.82) is 0 Å². The first-order valence-corrected chi connectivity index (χ1v) is 8.84. The van der Waals surface area contributed by atoms with Gasteiger partial charge < -0.3 is 19.9 Å². The fourth-order valence-electron chi connectivity index (χ4n) is 2.56. The highest BCUT2D eigenvalue weighted by Crippen LogP contribution is 2.22. The van der Waals surface area contributed by atoms with Crippen molar-refractivity contribution in [2.45, 2.75) is 39.2 Å². The van der Waals surface area contributed by atoms with Crippen LogP contribution < -0.4 is 15.4 Å². The predicted molar refractivity (Wildman–Crippen MR) is 115 cm³/mol. The van der Waals surface area contributed by atoms with E-state index in [0.29, 0.717) is 31.6 Å². The van der Waals surface area contributed by atoms with Crippen LogP contribution in [-0.4, -0.2) is 31.3 Å². The van der Waals surface area contributed by atoms with E-state index < -0.39 is 0 Å². The zero-order chi connectivity index (χ0) is 17.9. The van der Waals surface area contributed by atoms with Crippen molar-refractivity contribution in [1.82, 2.24) is 15.8 Å². The Labute approximate surface area is 172 Å². The van der Waals surface area contributed by atoms with Crippen molar-refractivity contribution >= 4 is 29.9 Å². The van der Waals surface area contributed by atoms with Crippen molar-refractivity contribution in [2.24, 2.45) is 4.99 Å². The maximum atomic E-state index is 5.64. The summed E-state index contributed by atoms with van der Waals surface area (Å²) in [6.07, 6.45) is 2.14. The van der Waals surface area contributed by atoms with Gasteiger partial charge >= 0.3 is 0 Å². The SMILES string of the molecule is CCC(CC)c1cc(CNC(=NC)NCCOc2ccccc2)on1.I. The van der Waals surface area contributed by atoms with Crippen LogP contribution in [0.4, 0.5) is 0 Å². The van der Waals surface area contributed by atoms with Gasteiger partial charge in [-0.2, -0.15) is 0 Å². The van der Waals surface area contributed by atoms with Crippen LogP contribution in [0, 0.1) is 0 Å². The molecule has 1 heterocycles. The summed E-state index contributed by atoms with van der Waals surface area (Å²) in [5, 5.41) is 10.6. The summed E-state index contributed by atoms with van der Waals surface area (Å²) < 4.78 is 11.1. The number of aromatic nitrogens is 1. The van der Waals surface area contributed by atoms with Gasteiger partial charge in [0.2, 0.25) is 0 Å². The second-order valence-electron chi connectivity index (χ2n) is 5.75. The van der Waals surface area contributed by atoms with Gasteiger partial charge in [0.05, 0.1) is 18.8 Å². The number of hydrogen-bond acceptors (Lipinski definition) is 4. The number of guanidine groups is 1. The monoisotopic (exact) mass is 472 g/mol. The van der Waals surface area contributed by atoms with E-state index in [2.05, 4.69) is 34.6 Å². The smallest absolute Gasteiger partial charge is 0.191 e. The lowest BCUT2D eigenvalue weighted by molar-refractivity contribution is 0.321. The van der Waals surface area contributed by atoms with E-state index in [-0.39, 0.29) is 24.0 Å². The summed E-state index contributed by atoms with van der Waals surface area (Å²) in [6, 6.07) is 11.8. The quantitative estimate of drug-likeness (QED) is 0.251. The third-order valence-electron chi connectivity index (χ3n) is 4.04. The minimum absolute atomic E-state index is 0. The third-order valence-corrected chi connectivity index (χ3v) is 4.04. The molecule has 2 rings (SSSR count). The summed E-state index contributed by atoms with van der Waals surface area (Å²) in [6.45, 7) is 6.11. The van der Waals surface area contributed by atoms with Gasteiger partial charge in [0.15, 0.2) is 11.7 Å². The maximum absolute atomic E-state index is 5.64. The molecule has 6 nitrogen and oxygen atoms in total. The van der Waals surface area contributed by atoms with Gasteiger partial charge in [-0.05, 0) is 25.0 Å². The molecule has 7 heteroatoms. The van der Waals surface area contributed by atoms with Gasteiger partial charge in [-0.15, -0.1) is 24.0 Å². The molecule has 0 aliphatic heterocycles. The number of halogens is 1. The molecule has 144 valence electrons. The molecule has 26 heavy (non-hydrogen) atoms. The minimum atomic E-state index is 0. The number of ether oxygens (including phenoxy) is 1. The van der Waals surface area contributed by atoms with Gasteiger partial charge in [0.25, 0.3) is 0 Å². The van der Waals surface area contributed by atoms with Crippen LogP contribution in [0.15, 0.2) is 45.9 Å². The standard InChI is InChI=1S/C19H28N4O2.HI/c1-4-15(5-2)18-13-17(25-23-18)14-22-19(20-3)21-11-12-24-16-9-7-6-8-10-16;/h6-10,13,15H,4-5,11-12,14H2,1-3H3,(H2,20,21,22);1H. The molecular weight excluding hydrogens is 443 g/mol. The Hall–Kier alpha value is -1.77. The van der Waals surface area contributed by atoms with Gasteiger partial charge in [0, 0.05) is 19.0 Å². The van der Waals surface area contributed by atoms with E-state index in [9.17, 15) is 0 Å². The largest absolute Gasteiger partial charge is 0.492 e. The second-order valence-corrected chi connectivity index (χ2v) is 5.75. The Balaban J connectivity index is 0.00000338. The van der Waals surface area contributed by atoms with E-state index in [1.807, 2.05) is 36.4 Å². The van der Waals surface area contributed by atoms with E-state index in [0.717, 1.165) is 30.0 Å². The van der Waals surface area contributed by atoms with Crippen LogP contribution in [-0.2, 0) is 6.54 Å². The lowest BCUT2D eigenvalue weighted by Gasteiger charge is -2.11. The van der Waals surface area contributed by atoms with E-state index in [4.69, 9.17) is 9.26 Å². The van der Waals surface area contributed by atoms with Gasteiger partial charge in [-0.25, -0.2) is 0 Å². The van der Waals surface area contributed by atoms with Crippen molar-refractivity contribution < 1.29 is 9.26 Å². The van der Waals surface area contributed by atoms with E-state index in [1.54, 1.807) is 7.05 Å². The van der Waals surface area contributed by atoms with Gasteiger partial charge in [-0.1, -0.05) is 37.2 Å². The highest BCUT2D eigenvalue weighted by atomic mass is 127. The summed E-state index contributed by atoms with van der Waals surface area (Å²) >= 11 is 0. The molecule has 0 atom stereocenters. The highest BCUT2D eigenvalue weighted by molar-refractivity contribution is 14.0. The molecule has 0 bridgehead atoms. The zero-order valence-corrected chi connectivity index (χ0v) is 18.0. The fraction of sp³-hybridized carbons (Fsp3) is 0.474. The first-order chi connectivity index (χ1) is 12.3. The molecule has 1 aromatic heterocycles. The number of benzene rings is 1. The average molecular weight is 472 g/mol. The number of hydrogen-bond donors (Lipinski definition) is 2. The molecular formula is C19H29IN4O2. The maximum Gasteiger partial charge on any atom is 0.191 e. The molecule has 0 aliphatic rings. The minimum Gasteiger partial charge on any atom is -0.492 e. The molecule has 0 fully saturated rings. The Morgan fingerprint density at radius 1 is 1.19 bits per heavy atom. The lowest BCUT2D eigenvalue weighted by atomic mass is 9.99. The van der Waals surface area contributed by atoms with Crippen molar-refractivity contribution in [3.63, 3.8) is 0 Å². The molecule has 2 N–H and O–H groups in total. The summed E-state index contributed by atoms with van der Waals surface area (Å²) in [5.74, 6) is 2.84. The number of para-hydroxylation sites is 1. The molecule has 2 aromatic rings. The number of aliphatic imine (C=N–C) groups is 1. The second kappa shape index (κ2) is 12.6. The molecule has 0 saturated heterocycles. The van der Waals surface area contributed by atoms with Gasteiger partial charge in [-0.3, -0.25) is 4.99 Å². The molecule has 0 aliphatic carbocycles. The summed E-state index contributed by atoms with van der Waals surface area (Å²) in [7, 11) is 1.74.